The first-order valence-electron chi connectivity index (χ1n) is 15.2. The van der Waals surface area contributed by atoms with E-state index in [0.717, 1.165) is 53.2 Å². The summed E-state index contributed by atoms with van der Waals surface area (Å²) in [4.78, 5) is 15.1. The molecule has 2 aliphatic rings. The lowest BCUT2D eigenvalue weighted by Gasteiger charge is -2.36. The fourth-order valence-corrected chi connectivity index (χ4v) is 7.24. The fourth-order valence-electron chi connectivity index (χ4n) is 6.13. The van der Waals surface area contributed by atoms with Crippen LogP contribution in [0.4, 0.5) is 11.4 Å². The van der Waals surface area contributed by atoms with E-state index in [1.165, 1.54) is 50.5 Å². The summed E-state index contributed by atoms with van der Waals surface area (Å²) < 4.78 is 13.9. The second-order valence-electron chi connectivity index (χ2n) is 11.4. The molecule has 0 bridgehead atoms. The lowest BCUT2D eigenvalue weighted by molar-refractivity contribution is 0.122. The minimum absolute atomic E-state index is 0.421. The molecule has 2 saturated heterocycles. The molecule has 6 rings (SSSR count). The van der Waals surface area contributed by atoms with Gasteiger partial charge in [0, 0.05) is 60.3 Å². The first-order chi connectivity index (χ1) is 21.5. The van der Waals surface area contributed by atoms with Gasteiger partial charge in [0.05, 0.1) is 35.5 Å². The van der Waals surface area contributed by atoms with E-state index in [2.05, 4.69) is 31.2 Å². The highest BCUT2D eigenvalue weighted by atomic mass is 35.5. The maximum Gasteiger partial charge on any atom is 0.172 e. The van der Waals surface area contributed by atoms with Crippen molar-refractivity contribution in [3.63, 3.8) is 0 Å². The molecule has 0 atom stereocenters. The minimum Gasteiger partial charge on any atom is -0.493 e. The van der Waals surface area contributed by atoms with Crippen molar-refractivity contribution in [2.45, 2.75) is 48.2 Å². The number of rotatable bonds is 11. The monoisotopic (exact) mass is 631 g/mol. The number of hydrogen-bond donors (Lipinski definition) is 1. The number of imidazole rings is 1. The van der Waals surface area contributed by atoms with Gasteiger partial charge in [-0.1, -0.05) is 23.4 Å². The number of hydrogen-bond acceptors (Lipinski definition) is 9. The molecule has 9 nitrogen and oxygen atoms in total. The highest BCUT2D eigenvalue weighted by Gasteiger charge is 2.26. The van der Waals surface area contributed by atoms with E-state index in [9.17, 15) is 5.26 Å². The van der Waals surface area contributed by atoms with Gasteiger partial charge in [-0.2, -0.15) is 5.26 Å². The molecule has 0 amide bonds. The van der Waals surface area contributed by atoms with Crippen LogP contribution in [0.3, 0.4) is 0 Å². The van der Waals surface area contributed by atoms with E-state index in [0.29, 0.717) is 39.9 Å². The lowest BCUT2D eigenvalue weighted by atomic mass is 10.0. The van der Waals surface area contributed by atoms with E-state index in [1.54, 1.807) is 19.5 Å². The normalized spacial score (nSPS) is 16.3. The van der Waals surface area contributed by atoms with E-state index in [4.69, 9.17) is 21.1 Å². The molecule has 0 saturated carbocycles. The van der Waals surface area contributed by atoms with Crippen LogP contribution >= 0.6 is 23.4 Å². The van der Waals surface area contributed by atoms with Gasteiger partial charge in [-0.05, 0) is 82.5 Å². The predicted octanol–water partition coefficient (Wildman–Crippen LogP) is 6.73. The molecule has 230 valence electrons. The molecule has 4 aromatic rings. The van der Waals surface area contributed by atoms with Gasteiger partial charge in [0.15, 0.2) is 16.7 Å². The molecule has 0 spiro atoms. The summed E-state index contributed by atoms with van der Waals surface area (Å²) in [6, 6.07) is 12.5. The first-order valence-corrected chi connectivity index (χ1v) is 16.4. The van der Waals surface area contributed by atoms with Gasteiger partial charge in [0.1, 0.15) is 6.07 Å². The van der Waals surface area contributed by atoms with Crippen LogP contribution < -0.4 is 14.8 Å². The third-order valence-corrected chi connectivity index (χ3v) is 10.1. The molecular weight excluding hydrogens is 594 g/mol. The zero-order chi connectivity index (χ0) is 30.5. The number of fused-ring (bicyclic) bond motifs is 1. The van der Waals surface area contributed by atoms with Gasteiger partial charge in [-0.15, -0.1) is 0 Å². The van der Waals surface area contributed by atoms with E-state index >= 15 is 0 Å². The summed E-state index contributed by atoms with van der Waals surface area (Å²) in [5.74, 6) is 1.25. The zero-order valence-corrected chi connectivity index (χ0v) is 26.8. The van der Waals surface area contributed by atoms with Crippen LogP contribution in [0.2, 0.25) is 5.02 Å². The van der Waals surface area contributed by atoms with Crippen LogP contribution in [0, 0.1) is 11.3 Å². The minimum atomic E-state index is 0.421. The summed E-state index contributed by atoms with van der Waals surface area (Å²) in [7, 11) is 3.58. The smallest absolute Gasteiger partial charge is 0.172 e. The van der Waals surface area contributed by atoms with Crippen LogP contribution in [-0.4, -0.2) is 76.8 Å². The van der Waals surface area contributed by atoms with Crippen LogP contribution in [0.25, 0.3) is 10.9 Å². The lowest BCUT2D eigenvalue weighted by Crippen LogP contribution is -2.44. The molecule has 2 fully saturated rings. The van der Waals surface area contributed by atoms with Gasteiger partial charge in [0.2, 0.25) is 0 Å². The Morgan fingerprint density at radius 2 is 1.91 bits per heavy atom. The number of likely N-dealkylation sites (tertiary alicyclic amines) is 2. The van der Waals surface area contributed by atoms with E-state index < -0.39 is 0 Å². The second kappa shape index (κ2) is 14.1. The number of halogens is 1. The molecule has 2 aromatic carbocycles. The Kier molecular flexibility index (Phi) is 9.77. The Balaban J connectivity index is 1.11. The average Bonchev–Trinajstić information content (AvgIpc) is 3.73. The van der Waals surface area contributed by atoms with Crippen LogP contribution in [0.5, 0.6) is 11.5 Å². The van der Waals surface area contributed by atoms with Crippen molar-refractivity contribution in [1.29, 1.82) is 5.26 Å². The van der Waals surface area contributed by atoms with Gasteiger partial charge < -0.3 is 29.2 Å². The molecule has 11 heteroatoms. The Morgan fingerprint density at radius 3 is 2.61 bits per heavy atom. The number of ether oxygens (including phenoxy) is 2. The number of nitrogens with one attached hydrogen (secondary N) is 1. The van der Waals surface area contributed by atoms with Crippen molar-refractivity contribution in [2.75, 3.05) is 51.8 Å². The quantitative estimate of drug-likeness (QED) is 0.181. The SMILES string of the molecule is COc1cc2c(Nc3ccc(Sc4nccn4C)c(Cl)c3)c(C#N)cnc2cc1OCCCN1CCC(N2CCCC2)CC1. The van der Waals surface area contributed by atoms with E-state index in [-0.39, 0.29) is 0 Å². The number of methoxy groups -OCH3 is 1. The average molecular weight is 632 g/mol. The Bertz CT molecular complexity index is 1640. The molecule has 44 heavy (non-hydrogen) atoms. The Hall–Kier alpha value is -3.49. The number of piperidine rings is 1. The molecule has 2 aliphatic heterocycles. The van der Waals surface area contributed by atoms with Crippen molar-refractivity contribution in [2.24, 2.45) is 7.05 Å². The number of aromatic nitrogens is 3. The first kappa shape index (κ1) is 30.5. The molecule has 2 aromatic heterocycles. The third kappa shape index (κ3) is 6.92. The van der Waals surface area contributed by atoms with Crippen LogP contribution in [-0.2, 0) is 7.05 Å². The second-order valence-corrected chi connectivity index (χ2v) is 12.8. The standard InChI is InChI=1S/C33H38ClN7O2S/c1-39-16-10-36-33(39)44-31-7-6-24(18-27(31)34)38-32-23(21-35)22-37-28-20-30(29(42-2)19-26(28)32)43-17-5-11-40-14-8-25(9-15-40)41-12-3-4-13-41/h6-7,10,16,18-20,22,25H,3-5,8-9,11-15,17H2,1-2H3,(H,37,38). The summed E-state index contributed by atoms with van der Waals surface area (Å²) >= 11 is 8.15. The van der Waals surface area contributed by atoms with Crippen LogP contribution in [0.1, 0.15) is 37.7 Å². The molecule has 1 N–H and O–H groups in total. The largest absolute Gasteiger partial charge is 0.493 e. The van der Waals surface area contributed by atoms with Crippen molar-refractivity contribution in [1.82, 2.24) is 24.3 Å². The number of nitriles is 1. The summed E-state index contributed by atoms with van der Waals surface area (Å²) in [5.41, 5.74) is 2.52. The zero-order valence-electron chi connectivity index (χ0n) is 25.3. The number of pyridine rings is 1. The molecule has 4 heterocycles. The molecular formula is C33H38ClN7O2S. The van der Waals surface area contributed by atoms with Crippen molar-refractivity contribution in [3.8, 4) is 17.6 Å². The maximum absolute atomic E-state index is 9.89. The fraction of sp³-hybridized carbons (Fsp3) is 0.424. The number of benzene rings is 2. The van der Waals surface area contributed by atoms with Crippen LogP contribution in [0.15, 0.2) is 59.0 Å². The van der Waals surface area contributed by atoms with Gasteiger partial charge in [0.25, 0.3) is 0 Å². The highest BCUT2D eigenvalue weighted by molar-refractivity contribution is 7.99. The predicted molar refractivity (Wildman–Crippen MR) is 175 cm³/mol. The number of nitrogens with zero attached hydrogens (tertiary/aromatic N) is 6. The summed E-state index contributed by atoms with van der Waals surface area (Å²) in [6.07, 6.45) is 11.4. The van der Waals surface area contributed by atoms with Gasteiger partial charge in [-0.25, -0.2) is 4.98 Å². The maximum atomic E-state index is 9.89. The molecule has 0 unspecified atom stereocenters. The third-order valence-electron chi connectivity index (χ3n) is 8.54. The van der Waals surface area contributed by atoms with Crippen molar-refractivity contribution < 1.29 is 9.47 Å². The molecule has 0 radical (unpaired) electrons. The summed E-state index contributed by atoms with van der Waals surface area (Å²) in [6.45, 7) is 6.52. The number of anilines is 2. The van der Waals surface area contributed by atoms with Gasteiger partial charge >= 0.3 is 0 Å². The topological polar surface area (TPSA) is 91.5 Å². The number of aryl methyl sites for hydroxylation is 1. The Morgan fingerprint density at radius 1 is 1.09 bits per heavy atom. The summed E-state index contributed by atoms with van der Waals surface area (Å²) in [5, 5.41) is 15.5. The highest BCUT2D eigenvalue weighted by Crippen LogP contribution is 2.39. The van der Waals surface area contributed by atoms with Crippen molar-refractivity contribution in [3.05, 3.63) is 59.5 Å². The van der Waals surface area contributed by atoms with E-state index in [1.807, 2.05) is 48.1 Å². The molecule has 0 aliphatic carbocycles. The van der Waals surface area contributed by atoms with Crippen molar-refractivity contribution >= 4 is 45.6 Å². The Labute approximate surface area is 268 Å². The van der Waals surface area contributed by atoms with Gasteiger partial charge in [-0.3, -0.25) is 4.98 Å².